The maximum Gasteiger partial charge on any atom is 0.242 e. The lowest BCUT2D eigenvalue weighted by atomic mass is 9.89. The number of carbonyl (C=O) groups is 1. The van der Waals surface area contributed by atoms with Crippen LogP contribution in [-0.2, 0) is 17.8 Å². The van der Waals surface area contributed by atoms with E-state index in [4.69, 9.17) is 5.73 Å². The Bertz CT molecular complexity index is 940. The molecular formula is C22H27ClN4O. The van der Waals surface area contributed by atoms with Crippen LogP contribution in [0.3, 0.4) is 0 Å². The van der Waals surface area contributed by atoms with Gasteiger partial charge in [0.2, 0.25) is 5.91 Å². The van der Waals surface area contributed by atoms with Gasteiger partial charge >= 0.3 is 0 Å². The van der Waals surface area contributed by atoms with Gasteiger partial charge in [-0.25, -0.2) is 4.98 Å². The minimum atomic E-state index is 0. The minimum Gasteiger partial charge on any atom is -0.340 e. The topological polar surface area (TPSA) is 64.2 Å². The maximum atomic E-state index is 13.1. The van der Waals surface area contributed by atoms with Gasteiger partial charge in [0.15, 0.2) is 0 Å². The Balaban J connectivity index is 0.00000225. The first-order chi connectivity index (χ1) is 13.2. The summed E-state index contributed by atoms with van der Waals surface area (Å²) < 4.78 is 2.06. The van der Waals surface area contributed by atoms with Crippen molar-refractivity contribution in [2.24, 2.45) is 11.7 Å². The molecule has 2 aromatic carbocycles. The van der Waals surface area contributed by atoms with Gasteiger partial charge in [-0.3, -0.25) is 4.79 Å². The molecule has 1 fully saturated rings. The van der Waals surface area contributed by atoms with Gasteiger partial charge in [0, 0.05) is 25.4 Å². The van der Waals surface area contributed by atoms with E-state index in [0.717, 1.165) is 36.4 Å². The summed E-state index contributed by atoms with van der Waals surface area (Å²) in [6.07, 6.45) is 0.806. The summed E-state index contributed by atoms with van der Waals surface area (Å²) in [5.74, 6) is 1.72. The van der Waals surface area contributed by atoms with E-state index >= 15 is 0 Å². The highest BCUT2D eigenvalue weighted by molar-refractivity contribution is 5.85. The van der Waals surface area contributed by atoms with Crippen molar-refractivity contribution in [2.45, 2.75) is 25.8 Å². The van der Waals surface area contributed by atoms with E-state index in [1.54, 1.807) is 0 Å². The maximum absolute atomic E-state index is 13.1. The van der Waals surface area contributed by atoms with E-state index in [2.05, 4.69) is 40.7 Å². The summed E-state index contributed by atoms with van der Waals surface area (Å²) in [5, 5.41) is 0. The van der Waals surface area contributed by atoms with Crippen molar-refractivity contribution in [3.05, 3.63) is 66.0 Å². The molecule has 1 aromatic heterocycles. The number of hydrogen-bond donors (Lipinski definition) is 1. The fourth-order valence-electron chi connectivity index (χ4n) is 4.20. The molecule has 0 bridgehead atoms. The van der Waals surface area contributed by atoms with Crippen molar-refractivity contribution in [1.29, 1.82) is 0 Å². The summed E-state index contributed by atoms with van der Waals surface area (Å²) in [6, 6.07) is 18.4. The van der Waals surface area contributed by atoms with Crippen LogP contribution in [0.2, 0.25) is 0 Å². The highest BCUT2D eigenvalue weighted by Crippen LogP contribution is 2.32. The van der Waals surface area contributed by atoms with Gasteiger partial charge in [-0.15, -0.1) is 12.4 Å². The van der Waals surface area contributed by atoms with E-state index in [-0.39, 0.29) is 18.3 Å². The first kappa shape index (κ1) is 20.4. The van der Waals surface area contributed by atoms with Gasteiger partial charge in [0.25, 0.3) is 0 Å². The summed E-state index contributed by atoms with van der Waals surface area (Å²) >= 11 is 0. The Morgan fingerprint density at radius 2 is 1.82 bits per heavy atom. The number of hydrogen-bond acceptors (Lipinski definition) is 3. The van der Waals surface area contributed by atoms with E-state index in [9.17, 15) is 4.79 Å². The van der Waals surface area contributed by atoms with Gasteiger partial charge in [-0.1, -0.05) is 49.4 Å². The fraction of sp³-hybridized carbons (Fsp3) is 0.364. The van der Waals surface area contributed by atoms with Crippen molar-refractivity contribution >= 4 is 29.3 Å². The molecule has 6 heteroatoms. The number of likely N-dealkylation sites (tertiary alicyclic amines) is 1. The number of nitrogens with zero attached hydrogens (tertiary/aromatic N) is 3. The molecule has 0 aliphatic carbocycles. The van der Waals surface area contributed by atoms with Crippen LogP contribution in [0.25, 0.3) is 11.0 Å². The Kier molecular flexibility index (Phi) is 6.37. The van der Waals surface area contributed by atoms with Gasteiger partial charge < -0.3 is 15.2 Å². The molecule has 2 N–H and O–H groups in total. The Hall–Kier alpha value is -2.37. The summed E-state index contributed by atoms with van der Waals surface area (Å²) in [7, 11) is 0. The SMILES string of the molecule is CCc1nc2ccccc2n1CC(=O)N1C[C@@H](CN)[C@H](c2ccccc2)C1.Cl. The predicted octanol–water partition coefficient (Wildman–Crippen LogP) is 3.22. The molecule has 1 aliphatic heterocycles. The second-order valence-corrected chi connectivity index (χ2v) is 7.27. The summed E-state index contributed by atoms with van der Waals surface area (Å²) in [4.78, 5) is 19.8. The van der Waals surface area contributed by atoms with Crippen LogP contribution >= 0.6 is 12.4 Å². The molecule has 1 amide bonds. The zero-order chi connectivity index (χ0) is 18.8. The number of benzene rings is 2. The van der Waals surface area contributed by atoms with Gasteiger partial charge in [-0.2, -0.15) is 0 Å². The van der Waals surface area contributed by atoms with Crippen LogP contribution in [0.1, 0.15) is 24.2 Å². The number of amides is 1. The molecular weight excluding hydrogens is 372 g/mol. The van der Waals surface area contributed by atoms with Crippen molar-refractivity contribution in [1.82, 2.24) is 14.5 Å². The number of nitrogens with two attached hydrogens (primary N) is 1. The third-order valence-corrected chi connectivity index (χ3v) is 5.67. The highest BCUT2D eigenvalue weighted by Gasteiger charge is 2.35. The van der Waals surface area contributed by atoms with Gasteiger partial charge in [0.05, 0.1) is 11.0 Å². The van der Waals surface area contributed by atoms with Crippen molar-refractivity contribution in [3.8, 4) is 0 Å². The number of rotatable bonds is 5. The molecule has 1 saturated heterocycles. The number of para-hydroxylation sites is 2. The predicted molar refractivity (Wildman–Crippen MR) is 115 cm³/mol. The lowest BCUT2D eigenvalue weighted by molar-refractivity contribution is -0.130. The van der Waals surface area contributed by atoms with E-state index in [1.807, 2.05) is 35.2 Å². The molecule has 1 aliphatic rings. The van der Waals surface area contributed by atoms with Gasteiger partial charge in [0.1, 0.15) is 12.4 Å². The zero-order valence-electron chi connectivity index (χ0n) is 16.1. The molecule has 28 heavy (non-hydrogen) atoms. The average molecular weight is 399 g/mol. The van der Waals surface area contributed by atoms with Crippen LogP contribution in [0.15, 0.2) is 54.6 Å². The Labute approximate surface area is 172 Å². The number of halogens is 1. The van der Waals surface area contributed by atoms with Crippen LogP contribution in [0.5, 0.6) is 0 Å². The van der Waals surface area contributed by atoms with Crippen LogP contribution < -0.4 is 5.73 Å². The second-order valence-electron chi connectivity index (χ2n) is 7.27. The number of imidazole rings is 1. The van der Waals surface area contributed by atoms with E-state index in [0.29, 0.717) is 24.9 Å². The average Bonchev–Trinajstić information content (AvgIpc) is 3.30. The van der Waals surface area contributed by atoms with Crippen LogP contribution in [-0.4, -0.2) is 40.0 Å². The van der Waals surface area contributed by atoms with E-state index < -0.39 is 0 Å². The summed E-state index contributed by atoms with van der Waals surface area (Å²) in [6.45, 7) is 4.47. The first-order valence-corrected chi connectivity index (χ1v) is 9.68. The Morgan fingerprint density at radius 1 is 1.11 bits per heavy atom. The quantitative estimate of drug-likeness (QED) is 0.717. The lowest BCUT2D eigenvalue weighted by Crippen LogP contribution is -2.33. The second kappa shape index (κ2) is 8.76. The molecule has 4 rings (SSSR count). The molecule has 0 radical (unpaired) electrons. The minimum absolute atomic E-state index is 0. The summed E-state index contributed by atoms with van der Waals surface area (Å²) in [5.41, 5.74) is 9.27. The lowest BCUT2D eigenvalue weighted by Gasteiger charge is -2.18. The van der Waals surface area contributed by atoms with E-state index in [1.165, 1.54) is 5.56 Å². The van der Waals surface area contributed by atoms with Crippen molar-refractivity contribution < 1.29 is 4.79 Å². The fourth-order valence-corrected chi connectivity index (χ4v) is 4.20. The zero-order valence-corrected chi connectivity index (χ0v) is 16.9. The number of aryl methyl sites for hydroxylation is 1. The molecule has 3 aromatic rings. The molecule has 2 atom stereocenters. The molecule has 148 valence electrons. The Morgan fingerprint density at radius 3 is 2.54 bits per heavy atom. The number of aromatic nitrogens is 2. The number of carbonyl (C=O) groups excluding carboxylic acids is 1. The third-order valence-electron chi connectivity index (χ3n) is 5.67. The number of fused-ring (bicyclic) bond motifs is 1. The smallest absolute Gasteiger partial charge is 0.242 e. The monoisotopic (exact) mass is 398 g/mol. The highest BCUT2D eigenvalue weighted by atomic mass is 35.5. The van der Waals surface area contributed by atoms with Crippen molar-refractivity contribution in [3.63, 3.8) is 0 Å². The molecule has 2 heterocycles. The van der Waals surface area contributed by atoms with Crippen molar-refractivity contribution in [2.75, 3.05) is 19.6 Å². The van der Waals surface area contributed by atoms with Crippen LogP contribution in [0.4, 0.5) is 0 Å². The molecule has 0 saturated carbocycles. The first-order valence-electron chi connectivity index (χ1n) is 9.68. The molecule has 0 unspecified atom stereocenters. The molecule has 5 nitrogen and oxygen atoms in total. The normalized spacial score (nSPS) is 19.0. The molecule has 0 spiro atoms. The van der Waals surface area contributed by atoms with Gasteiger partial charge in [-0.05, 0) is 30.2 Å². The third kappa shape index (κ3) is 3.77. The standard InChI is InChI=1S/C22H26N4O.ClH/c1-2-21-24-19-10-6-7-11-20(19)26(21)15-22(27)25-13-17(12-23)18(14-25)16-8-4-3-5-9-16;/h3-11,17-18H,2,12-15,23H2,1H3;1H/t17-,18+;/m1./s1. The van der Waals surface area contributed by atoms with Crippen LogP contribution in [0, 0.1) is 5.92 Å². The largest absolute Gasteiger partial charge is 0.340 e.